The summed E-state index contributed by atoms with van der Waals surface area (Å²) in [5, 5.41) is 7.11. The van der Waals surface area contributed by atoms with Crippen molar-refractivity contribution in [1.29, 1.82) is 0 Å². The third-order valence-corrected chi connectivity index (χ3v) is 2.48. The zero-order valence-corrected chi connectivity index (χ0v) is 7.65. The highest BCUT2D eigenvalue weighted by atomic mass is 32.2. The van der Waals surface area contributed by atoms with Crippen LogP contribution in [0.2, 0.25) is 0 Å². The normalized spacial score (nSPS) is 25.3. The monoisotopic (exact) mass is 176 g/mol. The van der Waals surface area contributed by atoms with Crippen molar-refractivity contribution >= 4 is 29.1 Å². The Morgan fingerprint density at radius 3 is 3.20 bits per heavy atom. The molecule has 2 N–H and O–H groups in total. The van der Waals surface area contributed by atoms with Crippen molar-refractivity contribution in [2.45, 2.75) is 12.5 Å². The molecular formula is C6H12N2S2. The molecule has 1 aliphatic heterocycles. The Bertz CT molecular complexity index is 125. The highest BCUT2D eigenvalue weighted by Gasteiger charge is 2.13. The van der Waals surface area contributed by atoms with Gasteiger partial charge in [0.2, 0.25) is 0 Å². The van der Waals surface area contributed by atoms with Crippen LogP contribution in [-0.2, 0) is 0 Å². The molecule has 1 fully saturated rings. The Hall–Kier alpha value is 0.0400. The Morgan fingerprint density at radius 1 is 1.80 bits per heavy atom. The summed E-state index contributed by atoms with van der Waals surface area (Å²) in [6.45, 7) is 1.02. The topological polar surface area (TPSA) is 24.1 Å². The fraction of sp³-hybridized carbons (Fsp3) is 0.833. The van der Waals surface area contributed by atoms with Gasteiger partial charge in [-0.2, -0.15) is 11.8 Å². The molecule has 1 saturated heterocycles. The molecule has 58 valence electrons. The van der Waals surface area contributed by atoms with E-state index in [0.29, 0.717) is 6.04 Å². The van der Waals surface area contributed by atoms with Crippen LogP contribution in [0.3, 0.4) is 0 Å². The molecule has 0 spiro atoms. The van der Waals surface area contributed by atoms with Crippen LogP contribution < -0.4 is 10.6 Å². The van der Waals surface area contributed by atoms with Gasteiger partial charge in [0.1, 0.15) is 0 Å². The van der Waals surface area contributed by atoms with Crippen LogP contribution in [-0.4, -0.2) is 29.7 Å². The second kappa shape index (κ2) is 4.03. The minimum absolute atomic E-state index is 0.587. The van der Waals surface area contributed by atoms with Gasteiger partial charge in [-0.25, -0.2) is 0 Å². The molecule has 0 aromatic heterocycles. The van der Waals surface area contributed by atoms with Crippen molar-refractivity contribution in [3.63, 3.8) is 0 Å². The fourth-order valence-corrected chi connectivity index (χ4v) is 1.92. The summed E-state index contributed by atoms with van der Waals surface area (Å²) in [5.74, 6) is 1.15. The van der Waals surface area contributed by atoms with Gasteiger partial charge in [-0.3, -0.25) is 0 Å². The molecule has 0 saturated carbocycles. The number of nitrogens with one attached hydrogen (secondary N) is 2. The molecule has 1 unspecified atom stereocenters. The highest BCUT2D eigenvalue weighted by Crippen LogP contribution is 2.03. The second-order valence-corrected chi connectivity index (χ2v) is 3.66. The van der Waals surface area contributed by atoms with Gasteiger partial charge in [-0.15, -0.1) is 0 Å². The van der Waals surface area contributed by atoms with Gasteiger partial charge in [0.25, 0.3) is 0 Å². The van der Waals surface area contributed by atoms with Crippen LogP contribution in [0.4, 0.5) is 0 Å². The van der Waals surface area contributed by atoms with E-state index in [1.807, 2.05) is 11.8 Å². The van der Waals surface area contributed by atoms with Gasteiger partial charge >= 0.3 is 0 Å². The van der Waals surface area contributed by atoms with Crippen molar-refractivity contribution < 1.29 is 0 Å². The first-order chi connectivity index (χ1) is 4.83. The summed E-state index contributed by atoms with van der Waals surface area (Å²) in [7, 11) is 0. The number of thiocarbonyl (C=S) groups is 1. The SMILES string of the molecule is CSCC1CCNC(=S)N1. The number of hydrogen-bond acceptors (Lipinski definition) is 2. The highest BCUT2D eigenvalue weighted by molar-refractivity contribution is 7.98. The largest absolute Gasteiger partial charge is 0.363 e. The van der Waals surface area contributed by atoms with Gasteiger partial charge in [0.15, 0.2) is 5.11 Å². The molecule has 1 atom stereocenters. The van der Waals surface area contributed by atoms with Crippen LogP contribution in [0.15, 0.2) is 0 Å². The average molecular weight is 176 g/mol. The summed E-state index contributed by atoms with van der Waals surface area (Å²) in [4.78, 5) is 0. The Labute approximate surface area is 71.1 Å². The summed E-state index contributed by atoms with van der Waals surface area (Å²) in [6.07, 6.45) is 3.30. The molecule has 1 heterocycles. The third-order valence-electron chi connectivity index (χ3n) is 1.48. The molecule has 2 nitrogen and oxygen atoms in total. The minimum Gasteiger partial charge on any atom is -0.363 e. The van der Waals surface area contributed by atoms with Crippen molar-refractivity contribution in [2.75, 3.05) is 18.6 Å². The minimum atomic E-state index is 0.587. The van der Waals surface area contributed by atoms with E-state index in [4.69, 9.17) is 12.2 Å². The molecule has 0 aromatic carbocycles. The van der Waals surface area contributed by atoms with E-state index in [-0.39, 0.29) is 0 Å². The molecule has 0 aromatic rings. The number of thioether (sulfide) groups is 1. The molecule has 0 bridgehead atoms. The maximum atomic E-state index is 4.97. The van der Waals surface area contributed by atoms with Crippen molar-refractivity contribution in [2.24, 2.45) is 0 Å². The summed E-state index contributed by atoms with van der Waals surface area (Å²) in [6, 6.07) is 0.587. The van der Waals surface area contributed by atoms with Crippen LogP contribution >= 0.6 is 24.0 Å². The smallest absolute Gasteiger partial charge is 0.166 e. The molecule has 0 aliphatic carbocycles. The van der Waals surface area contributed by atoms with Crippen LogP contribution in [0.25, 0.3) is 0 Å². The van der Waals surface area contributed by atoms with Crippen molar-refractivity contribution in [3.05, 3.63) is 0 Å². The first-order valence-electron chi connectivity index (χ1n) is 3.36. The first-order valence-corrected chi connectivity index (χ1v) is 5.16. The van der Waals surface area contributed by atoms with Crippen LogP contribution in [0.1, 0.15) is 6.42 Å². The average Bonchev–Trinajstić information content (AvgIpc) is 1.88. The van der Waals surface area contributed by atoms with E-state index in [1.54, 1.807) is 0 Å². The summed E-state index contributed by atoms with van der Waals surface area (Å²) < 4.78 is 0. The molecule has 0 amide bonds. The van der Waals surface area contributed by atoms with E-state index in [2.05, 4.69) is 16.9 Å². The first kappa shape index (κ1) is 8.14. The Kier molecular flexibility index (Phi) is 3.28. The molecule has 1 aliphatic rings. The van der Waals surface area contributed by atoms with Crippen molar-refractivity contribution in [3.8, 4) is 0 Å². The Balaban J connectivity index is 2.25. The predicted octanol–water partition coefficient (Wildman–Crippen LogP) is 0.586. The van der Waals surface area contributed by atoms with E-state index in [0.717, 1.165) is 17.4 Å². The molecular weight excluding hydrogens is 164 g/mol. The van der Waals surface area contributed by atoms with E-state index >= 15 is 0 Å². The maximum Gasteiger partial charge on any atom is 0.166 e. The fourth-order valence-electron chi connectivity index (χ4n) is 0.995. The Morgan fingerprint density at radius 2 is 2.60 bits per heavy atom. The number of hydrogen-bond donors (Lipinski definition) is 2. The lowest BCUT2D eigenvalue weighted by Crippen LogP contribution is -2.49. The van der Waals surface area contributed by atoms with E-state index in [9.17, 15) is 0 Å². The zero-order chi connectivity index (χ0) is 7.40. The van der Waals surface area contributed by atoms with Gasteiger partial charge in [-0.05, 0) is 24.9 Å². The third kappa shape index (κ3) is 2.34. The van der Waals surface area contributed by atoms with Gasteiger partial charge < -0.3 is 10.6 Å². The summed E-state index contributed by atoms with van der Waals surface area (Å²) in [5.41, 5.74) is 0. The van der Waals surface area contributed by atoms with Gasteiger partial charge in [-0.1, -0.05) is 0 Å². The van der Waals surface area contributed by atoms with Gasteiger partial charge in [0, 0.05) is 18.3 Å². The zero-order valence-electron chi connectivity index (χ0n) is 6.02. The molecule has 1 rings (SSSR count). The summed E-state index contributed by atoms with van der Waals surface area (Å²) >= 11 is 6.83. The van der Waals surface area contributed by atoms with Crippen LogP contribution in [0, 0.1) is 0 Å². The molecule has 4 heteroatoms. The molecule has 0 radical (unpaired) electrons. The molecule has 10 heavy (non-hydrogen) atoms. The second-order valence-electron chi connectivity index (χ2n) is 2.34. The van der Waals surface area contributed by atoms with Gasteiger partial charge in [0.05, 0.1) is 0 Å². The lowest BCUT2D eigenvalue weighted by molar-refractivity contribution is 0.558. The van der Waals surface area contributed by atoms with Crippen molar-refractivity contribution in [1.82, 2.24) is 10.6 Å². The lowest BCUT2D eigenvalue weighted by atomic mass is 10.2. The standard InChI is InChI=1S/C6H12N2S2/c1-10-4-5-2-3-7-6(9)8-5/h5H,2-4H2,1H3,(H2,7,8,9). The predicted molar refractivity (Wildman–Crippen MR) is 50.5 cm³/mol. The maximum absolute atomic E-state index is 4.97. The van der Waals surface area contributed by atoms with Crippen LogP contribution in [0.5, 0.6) is 0 Å². The van der Waals surface area contributed by atoms with E-state index in [1.165, 1.54) is 6.42 Å². The lowest BCUT2D eigenvalue weighted by Gasteiger charge is -2.25. The quantitative estimate of drug-likeness (QED) is 0.601. The number of rotatable bonds is 2. The van der Waals surface area contributed by atoms with E-state index < -0.39 is 0 Å².